The van der Waals surface area contributed by atoms with Gasteiger partial charge >= 0.3 is 5.97 Å². The lowest BCUT2D eigenvalue weighted by atomic mass is 10.0. The number of esters is 1. The third kappa shape index (κ3) is 5.26. The molecule has 0 bridgehead atoms. The van der Waals surface area contributed by atoms with Gasteiger partial charge in [-0.05, 0) is 46.9 Å². The molecule has 0 spiro atoms. The van der Waals surface area contributed by atoms with Crippen molar-refractivity contribution in [3.63, 3.8) is 0 Å². The van der Waals surface area contributed by atoms with Crippen LogP contribution in [0.3, 0.4) is 0 Å². The molecule has 0 unspecified atom stereocenters. The summed E-state index contributed by atoms with van der Waals surface area (Å²) >= 11 is 0. The van der Waals surface area contributed by atoms with Gasteiger partial charge in [0.05, 0.1) is 13.5 Å². The van der Waals surface area contributed by atoms with Crippen LogP contribution in [-0.2, 0) is 29.0 Å². The van der Waals surface area contributed by atoms with Gasteiger partial charge in [-0.1, -0.05) is 55.5 Å². The average Bonchev–Trinajstić information content (AvgIpc) is 2.78. The van der Waals surface area contributed by atoms with Crippen molar-refractivity contribution in [2.75, 3.05) is 7.11 Å². The number of ether oxygens (including phenoxy) is 2. The molecule has 0 aliphatic heterocycles. The molecule has 0 aliphatic rings. The van der Waals surface area contributed by atoms with Gasteiger partial charge in [0.15, 0.2) is 0 Å². The third-order valence-electron chi connectivity index (χ3n) is 4.90. The molecule has 3 aromatic rings. The summed E-state index contributed by atoms with van der Waals surface area (Å²) in [5, 5.41) is 0. The van der Waals surface area contributed by atoms with Crippen LogP contribution in [0.1, 0.15) is 34.0 Å². The lowest BCUT2D eigenvalue weighted by molar-refractivity contribution is -0.139. The minimum absolute atomic E-state index is 0.0503. The first-order chi connectivity index (χ1) is 14.5. The topological polar surface area (TPSA) is 78.6 Å². The summed E-state index contributed by atoms with van der Waals surface area (Å²) < 4.78 is 10.7. The Labute approximate surface area is 176 Å². The lowest BCUT2D eigenvalue weighted by Crippen LogP contribution is -2.12. The quantitative estimate of drug-likeness (QED) is 0.569. The second-order valence-corrected chi connectivity index (χ2v) is 6.98. The molecule has 154 valence electrons. The van der Waals surface area contributed by atoms with Gasteiger partial charge in [0.25, 0.3) is 0 Å². The maximum absolute atomic E-state index is 11.7. The van der Waals surface area contributed by atoms with E-state index in [1.807, 2.05) is 12.1 Å². The fraction of sp³-hybridized carbons (Fsp3) is 0.200. The zero-order valence-corrected chi connectivity index (χ0v) is 17.2. The minimum Gasteiger partial charge on any atom is -0.489 e. The highest BCUT2D eigenvalue weighted by atomic mass is 16.5. The highest BCUT2D eigenvalue weighted by Gasteiger charge is 2.13. The van der Waals surface area contributed by atoms with Crippen LogP contribution in [0.2, 0.25) is 0 Å². The summed E-state index contributed by atoms with van der Waals surface area (Å²) in [6, 6.07) is 21.4. The number of hydrogen-bond acceptors (Lipinski definition) is 4. The predicted molar refractivity (Wildman–Crippen MR) is 116 cm³/mol. The van der Waals surface area contributed by atoms with Crippen molar-refractivity contribution >= 4 is 11.9 Å². The van der Waals surface area contributed by atoms with Gasteiger partial charge in [0.1, 0.15) is 12.4 Å². The Kier molecular flexibility index (Phi) is 6.86. The fourth-order valence-electron chi connectivity index (χ4n) is 3.19. The van der Waals surface area contributed by atoms with Gasteiger partial charge < -0.3 is 15.2 Å². The summed E-state index contributed by atoms with van der Waals surface area (Å²) in [5.41, 5.74) is 10.9. The number of amides is 1. The SMILES string of the molecule is CCc1cccc(-c2cccc(COc3cc(C(N)=O)ccc3CC(=O)OC)c2)c1. The predicted octanol–water partition coefficient (Wildman–Crippen LogP) is 4.31. The second-order valence-electron chi connectivity index (χ2n) is 6.98. The molecule has 5 nitrogen and oxygen atoms in total. The number of methoxy groups -OCH3 is 1. The van der Waals surface area contributed by atoms with Crippen molar-refractivity contribution < 1.29 is 19.1 Å². The number of primary amides is 1. The summed E-state index contributed by atoms with van der Waals surface area (Å²) in [6.45, 7) is 2.42. The van der Waals surface area contributed by atoms with Crippen LogP contribution in [0.15, 0.2) is 66.7 Å². The van der Waals surface area contributed by atoms with E-state index in [0.29, 0.717) is 16.9 Å². The Bertz CT molecular complexity index is 1060. The Balaban J connectivity index is 1.83. The first-order valence-electron chi connectivity index (χ1n) is 9.80. The van der Waals surface area contributed by atoms with Gasteiger partial charge in [-0.25, -0.2) is 0 Å². The molecule has 0 radical (unpaired) electrons. The molecule has 0 atom stereocenters. The van der Waals surface area contributed by atoms with Crippen LogP contribution in [0, 0.1) is 0 Å². The number of carbonyl (C=O) groups is 2. The zero-order valence-electron chi connectivity index (χ0n) is 17.2. The number of carbonyl (C=O) groups excluding carboxylic acids is 2. The van der Waals surface area contributed by atoms with Crippen LogP contribution >= 0.6 is 0 Å². The molecule has 1 amide bonds. The van der Waals surface area contributed by atoms with E-state index in [9.17, 15) is 9.59 Å². The van der Waals surface area contributed by atoms with E-state index in [2.05, 4.69) is 43.3 Å². The Morgan fingerprint density at radius 3 is 2.20 bits per heavy atom. The number of aryl methyl sites for hydroxylation is 1. The average molecular weight is 403 g/mol. The van der Waals surface area contributed by atoms with Crippen molar-refractivity contribution in [1.82, 2.24) is 0 Å². The van der Waals surface area contributed by atoms with Gasteiger partial charge in [-0.3, -0.25) is 9.59 Å². The van der Waals surface area contributed by atoms with Gasteiger partial charge in [-0.2, -0.15) is 0 Å². The molecule has 30 heavy (non-hydrogen) atoms. The molecule has 5 heteroatoms. The van der Waals surface area contributed by atoms with E-state index < -0.39 is 5.91 Å². The summed E-state index contributed by atoms with van der Waals surface area (Å²) in [6.07, 6.45) is 1.03. The van der Waals surface area contributed by atoms with Crippen molar-refractivity contribution in [2.24, 2.45) is 5.73 Å². The van der Waals surface area contributed by atoms with Crippen molar-refractivity contribution in [3.8, 4) is 16.9 Å². The maximum Gasteiger partial charge on any atom is 0.310 e. The molecule has 0 aliphatic carbocycles. The highest BCUT2D eigenvalue weighted by Crippen LogP contribution is 2.25. The Morgan fingerprint density at radius 1 is 0.900 bits per heavy atom. The van der Waals surface area contributed by atoms with E-state index in [4.69, 9.17) is 15.2 Å². The number of hydrogen-bond donors (Lipinski definition) is 1. The van der Waals surface area contributed by atoms with Gasteiger partial charge in [-0.15, -0.1) is 0 Å². The van der Waals surface area contributed by atoms with Crippen LogP contribution in [-0.4, -0.2) is 19.0 Å². The number of benzene rings is 3. The van der Waals surface area contributed by atoms with Crippen molar-refractivity contribution in [3.05, 3.63) is 89.0 Å². The lowest BCUT2D eigenvalue weighted by Gasteiger charge is -2.13. The van der Waals surface area contributed by atoms with Crippen LogP contribution < -0.4 is 10.5 Å². The molecule has 2 N–H and O–H groups in total. The smallest absolute Gasteiger partial charge is 0.310 e. The highest BCUT2D eigenvalue weighted by molar-refractivity contribution is 5.93. The Morgan fingerprint density at radius 2 is 1.57 bits per heavy atom. The van der Waals surface area contributed by atoms with Gasteiger partial charge in [0.2, 0.25) is 5.91 Å². The van der Waals surface area contributed by atoms with Gasteiger partial charge in [0, 0.05) is 11.1 Å². The van der Waals surface area contributed by atoms with E-state index in [1.54, 1.807) is 18.2 Å². The minimum atomic E-state index is -0.553. The van der Waals surface area contributed by atoms with E-state index in [1.165, 1.54) is 12.7 Å². The number of rotatable bonds is 8. The standard InChI is InChI=1S/C25H25NO4/c1-3-17-6-4-8-19(12-17)20-9-5-7-18(13-20)16-30-23-14-22(25(26)28)11-10-21(23)15-24(27)29-2/h4-14H,3,15-16H2,1-2H3,(H2,26,28). The molecular weight excluding hydrogens is 378 g/mol. The largest absolute Gasteiger partial charge is 0.489 e. The molecule has 0 heterocycles. The molecular formula is C25H25NO4. The first-order valence-corrected chi connectivity index (χ1v) is 9.80. The van der Waals surface area contributed by atoms with E-state index in [0.717, 1.165) is 23.1 Å². The van der Waals surface area contributed by atoms with Crippen molar-refractivity contribution in [2.45, 2.75) is 26.4 Å². The monoisotopic (exact) mass is 403 g/mol. The van der Waals surface area contributed by atoms with Crippen LogP contribution in [0.25, 0.3) is 11.1 Å². The zero-order chi connectivity index (χ0) is 21.5. The summed E-state index contributed by atoms with van der Waals surface area (Å²) in [5.74, 6) is -0.498. The first kappa shape index (κ1) is 21.1. The molecule has 3 aromatic carbocycles. The molecule has 0 saturated carbocycles. The van der Waals surface area contributed by atoms with Crippen LogP contribution in [0.5, 0.6) is 5.75 Å². The summed E-state index contributed by atoms with van der Waals surface area (Å²) in [4.78, 5) is 23.3. The fourth-order valence-corrected chi connectivity index (χ4v) is 3.19. The normalized spacial score (nSPS) is 10.5. The summed E-state index contributed by atoms with van der Waals surface area (Å²) in [7, 11) is 1.33. The molecule has 0 fully saturated rings. The molecule has 0 aromatic heterocycles. The third-order valence-corrected chi connectivity index (χ3v) is 4.90. The maximum atomic E-state index is 11.7. The van der Waals surface area contributed by atoms with Crippen molar-refractivity contribution in [1.29, 1.82) is 0 Å². The van der Waals surface area contributed by atoms with E-state index in [-0.39, 0.29) is 19.0 Å². The molecule has 0 saturated heterocycles. The van der Waals surface area contributed by atoms with E-state index >= 15 is 0 Å². The second kappa shape index (κ2) is 9.74. The number of nitrogens with two attached hydrogens (primary N) is 1. The van der Waals surface area contributed by atoms with Crippen LogP contribution in [0.4, 0.5) is 0 Å². The Hall–Kier alpha value is -3.60. The molecule has 3 rings (SSSR count).